The van der Waals surface area contributed by atoms with Gasteiger partial charge < -0.3 is 14.2 Å². The van der Waals surface area contributed by atoms with Crippen LogP contribution in [0, 0.1) is 11.3 Å². The molecule has 0 aliphatic heterocycles. The van der Waals surface area contributed by atoms with Crippen molar-refractivity contribution >= 4 is 12.1 Å². The standard InChI is InChI=1S/C28H36O5/c1-4-5-6-7-8-9-10-19-31-27(30)33-24-17-13-22(14-18-24)21-11-15-23(16-12-21)32-26(29)25-20-28(25,2)3/h11-18,25H,4-10,19-20H2,1-3H3. The van der Waals surface area contributed by atoms with Gasteiger partial charge in [-0.1, -0.05) is 83.6 Å². The second-order valence-electron chi connectivity index (χ2n) is 9.54. The minimum atomic E-state index is -0.668. The minimum Gasteiger partial charge on any atom is -0.434 e. The van der Waals surface area contributed by atoms with E-state index in [1.807, 2.05) is 24.3 Å². The highest BCUT2D eigenvalue weighted by molar-refractivity contribution is 5.79. The zero-order valence-electron chi connectivity index (χ0n) is 20.1. The van der Waals surface area contributed by atoms with Crippen LogP contribution < -0.4 is 9.47 Å². The molecule has 0 radical (unpaired) electrons. The number of esters is 1. The van der Waals surface area contributed by atoms with Crippen molar-refractivity contribution in [3.05, 3.63) is 48.5 Å². The van der Waals surface area contributed by atoms with Crippen LogP contribution in [-0.4, -0.2) is 18.7 Å². The summed E-state index contributed by atoms with van der Waals surface area (Å²) in [7, 11) is 0. The van der Waals surface area contributed by atoms with Gasteiger partial charge in [0.1, 0.15) is 11.5 Å². The Balaban J connectivity index is 1.39. The van der Waals surface area contributed by atoms with E-state index in [2.05, 4.69) is 20.8 Å². The zero-order valence-corrected chi connectivity index (χ0v) is 20.1. The second-order valence-corrected chi connectivity index (χ2v) is 9.54. The van der Waals surface area contributed by atoms with Gasteiger partial charge in [-0.3, -0.25) is 4.79 Å². The quantitative estimate of drug-likeness (QED) is 0.144. The third-order valence-corrected chi connectivity index (χ3v) is 6.23. The lowest BCUT2D eigenvalue weighted by Crippen LogP contribution is -2.13. The van der Waals surface area contributed by atoms with Crippen LogP contribution in [0.1, 0.15) is 72.1 Å². The molecule has 1 unspecified atom stereocenters. The molecule has 5 nitrogen and oxygen atoms in total. The molecule has 0 N–H and O–H groups in total. The molecule has 0 bridgehead atoms. The predicted octanol–water partition coefficient (Wildman–Crippen LogP) is 7.57. The summed E-state index contributed by atoms with van der Waals surface area (Å²) in [5.74, 6) is 0.830. The van der Waals surface area contributed by atoms with Crippen molar-refractivity contribution in [2.75, 3.05) is 6.61 Å². The Bertz CT molecular complexity index is 899. The first-order chi connectivity index (χ1) is 15.9. The summed E-state index contributed by atoms with van der Waals surface area (Å²) in [4.78, 5) is 24.0. The van der Waals surface area contributed by atoms with Gasteiger partial charge in [0.05, 0.1) is 12.5 Å². The molecule has 1 aliphatic rings. The van der Waals surface area contributed by atoms with Gasteiger partial charge in [-0.05, 0) is 53.6 Å². The number of hydrogen-bond donors (Lipinski definition) is 0. The molecule has 0 aromatic heterocycles. The predicted molar refractivity (Wildman–Crippen MR) is 129 cm³/mol. The molecule has 1 atom stereocenters. The fourth-order valence-corrected chi connectivity index (χ4v) is 3.83. The monoisotopic (exact) mass is 452 g/mol. The largest absolute Gasteiger partial charge is 0.513 e. The molecule has 0 amide bonds. The highest BCUT2D eigenvalue weighted by Crippen LogP contribution is 2.52. The van der Waals surface area contributed by atoms with E-state index in [9.17, 15) is 9.59 Å². The van der Waals surface area contributed by atoms with E-state index < -0.39 is 6.16 Å². The summed E-state index contributed by atoms with van der Waals surface area (Å²) in [5.41, 5.74) is 2.01. The molecule has 1 saturated carbocycles. The Morgan fingerprint density at radius 1 is 0.788 bits per heavy atom. The maximum absolute atomic E-state index is 12.1. The van der Waals surface area contributed by atoms with Crippen molar-refractivity contribution in [1.29, 1.82) is 0 Å². The Labute approximate surface area is 197 Å². The topological polar surface area (TPSA) is 61.8 Å². The van der Waals surface area contributed by atoms with E-state index in [1.54, 1.807) is 24.3 Å². The lowest BCUT2D eigenvalue weighted by Gasteiger charge is -2.08. The second kappa shape index (κ2) is 11.9. The highest BCUT2D eigenvalue weighted by Gasteiger charge is 2.51. The number of rotatable bonds is 12. The Hall–Kier alpha value is -2.82. The summed E-state index contributed by atoms with van der Waals surface area (Å²) in [6.45, 7) is 6.75. The van der Waals surface area contributed by atoms with Crippen LogP contribution in [0.15, 0.2) is 48.5 Å². The number of hydrogen-bond acceptors (Lipinski definition) is 5. The SMILES string of the molecule is CCCCCCCCCOC(=O)Oc1ccc(-c2ccc(OC(=O)C3CC3(C)C)cc2)cc1. The molecule has 0 saturated heterocycles. The summed E-state index contributed by atoms with van der Waals surface area (Å²) < 4.78 is 15.9. The molecule has 33 heavy (non-hydrogen) atoms. The van der Waals surface area contributed by atoms with Crippen LogP contribution in [0.3, 0.4) is 0 Å². The van der Waals surface area contributed by atoms with Gasteiger partial charge >= 0.3 is 12.1 Å². The van der Waals surface area contributed by atoms with Gasteiger partial charge in [-0.15, -0.1) is 0 Å². The van der Waals surface area contributed by atoms with Crippen LogP contribution in [-0.2, 0) is 9.53 Å². The normalized spacial score (nSPS) is 16.2. The molecule has 0 spiro atoms. The Morgan fingerprint density at radius 2 is 1.27 bits per heavy atom. The van der Waals surface area contributed by atoms with E-state index in [-0.39, 0.29) is 17.3 Å². The first kappa shape index (κ1) is 24.8. The van der Waals surface area contributed by atoms with Crippen LogP contribution in [0.25, 0.3) is 11.1 Å². The lowest BCUT2D eigenvalue weighted by atomic mass is 10.1. The summed E-state index contributed by atoms with van der Waals surface area (Å²) >= 11 is 0. The molecule has 1 fully saturated rings. The smallest absolute Gasteiger partial charge is 0.434 e. The summed E-state index contributed by atoms with van der Waals surface area (Å²) in [6, 6.07) is 14.7. The van der Waals surface area contributed by atoms with Gasteiger partial charge in [-0.25, -0.2) is 4.79 Å². The third kappa shape index (κ3) is 7.92. The third-order valence-electron chi connectivity index (χ3n) is 6.23. The molecule has 2 aromatic carbocycles. The summed E-state index contributed by atoms with van der Waals surface area (Å²) in [5, 5.41) is 0. The highest BCUT2D eigenvalue weighted by atomic mass is 16.7. The first-order valence-corrected chi connectivity index (χ1v) is 12.2. The van der Waals surface area contributed by atoms with Crippen LogP contribution in [0.4, 0.5) is 4.79 Å². The number of unbranched alkanes of at least 4 members (excludes halogenated alkanes) is 6. The molecular formula is C28H36O5. The first-order valence-electron chi connectivity index (χ1n) is 12.2. The number of benzene rings is 2. The molecule has 2 aromatic rings. The molecule has 0 heterocycles. The molecule has 5 heteroatoms. The zero-order chi connectivity index (χ0) is 23.7. The maximum Gasteiger partial charge on any atom is 0.513 e. The van der Waals surface area contributed by atoms with Gasteiger partial charge in [-0.2, -0.15) is 0 Å². The van der Waals surface area contributed by atoms with Gasteiger partial charge in [0, 0.05) is 0 Å². The van der Waals surface area contributed by atoms with Crippen molar-refractivity contribution in [3.8, 4) is 22.6 Å². The Kier molecular flexibility index (Phi) is 8.93. The van der Waals surface area contributed by atoms with Gasteiger partial charge in [0.25, 0.3) is 0 Å². The molecule has 178 valence electrons. The minimum absolute atomic E-state index is 0.00744. The lowest BCUT2D eigenvalue weighted by molar-refractivity contribution is -0.136. The number of carbonyl (C=O) groups is 2. The number of carbonyl (C=O) groups excluding carboxylic acids is 2. The average Bonchev–Trinajstić information content (AvgIpc) is 3.45. The average molecular weight is 453 g/mol. The fourth-order valence-electron chi connectivity index (χ4n) is 3.83. The van der Waals surface area contributed by atoms with E-state index >= 15 is 0 Å². The fraction of sp³-hybridized carbons (Fsp3) is 0.500. The van der Waals surface area contributed by atoms with Crippen molar-refractivity contribution in [1.82, 2.24) is 0 Å². The molecule has 3 rings (SSSR count). The van der Waals surface area contributed by atoms with Crippen LogP contribution in [0.2, 0.25) is 0 Å². The van der Waals surface area contributed by atoms with Crippen molar-refractivity contribution < 1.29 is 23.8 Å². The van der Waals surface area contributed by atoms with E-state index in [0.29, 0.717) is 18.1 Å². The van der Waals surface area contributed by atoms with Gasteiger partial charge in [0.2, 0.25) is 0 Å². The van der Waals surface area contributed by atoms with E-state index in [4.69, 9.17) is 14.2 Å². The summed E-state index contributed by atoms with van der Waals surface area (Å²) in [6.07, 6.45) is 8.40. The van der Waals surface area contributed by atoms with E-state index in [0.717, 1.165) is 30.4 Å². The van der Waals surface area contributed by atoms with Gasteiger partial charge in [0.15, 0.2) is 0 Å². The van der Waals surface area contributed by atoms with Crippen molar-refractivity contribution in [2.45, 2.75) is 72.1 Å². The Morgan fingerprint density at radius 3 is 1.79 bits per heavy atom. The molecule has 1 aliphatic carbocycles. The number of ether oxygens (including phenoxy) is 3. The van der Waals surface area contributed by atoms with Crippen molar-refractivity contribution in [3.63, 3.8) is 0 Å². The van der Waals surface area contributed by atoms with E-state index in [1.165, 1.54) is 32.1 Å². The maximum atomic E-state index is 12.1. The molecular weight excluding hydrogens is 416 g/mol. The van der Waals surface area contributed by atoms with Crippen LogP contribution >= 0.6 is 0 Å². The van der Waals surface area contributed by atoms with Crippen molar-refractivity contribution in [2.24, 2.45) is 11.3 Å². The van der Waals surface area contributed by atoms with Crippen LogP contribution in [0.5, 0.6) is 11.5 Å².